The summed E-state index contributed by atoms with van der Waals surface area (Å²) in [6.07, 6.45) is 0. The van der Waals surface area contributed by atoms with Crippen LogP contribution in [0.25, 0.3) is 0 Å². The van der Waals surface area contributed by atoms with Crippen molar-refractivity contribution in [3.05, 3.63) is 63.5 Å². The van der Waals surface area contributed by atoms with Crippen LogP contribution in [0.1, 0.15) is 15.9 Å². The molecule has 25 heavy (non-hydrogen) atoms. The summed E-state index contributed by atoms with van der Waals surface area (Å²) in [6.45, 7) is 0.171. The molecule has 2 rings (SSSR count). The second-order valence-corrected chi connectivity index (χ2v) is 5.27. The molecule has 0 fully saturated rings. The molecule has 0 atom stereocenters. The first kappa shape index (κ1) is 18.2. The van der Waals surface area contributed by atoms with Crippen molar-refractivity contribution in [1.82, 2.24) is 4.90 Å². The number of halogens is 1. The van der Waals surface area contributed by atoms with Crippen LogP contribution in [-0.4, -0.2) is 37.0 Å². The summed E-state index contributed by atoms with van der Waals surface area (Å²) in [6, 6.07) is 8.08. The smallest absolute Gasteiger partial charge is 0.286 e. The molecule has 0 bridgehead atoms. The van der Waals surface area contributed by atoms with Crippen molar-refractivity contribution < 1.29 is 23.6 Å². The molecule has 0 aliphatic carbocycles. The maximum Gasteiger partial charge on any atom is 0.286 e. The number of benzene rings is 2. The Hall–Kier alpha value is -3.16. The van der Waals surface area contributed by atoms with E-state index in [0.29, 0.717) is 5.56 Å². The average Bonchev–Trinajstić information content (AvgIpc) is 2.61. The molecule has 8 heteroatoms. The Labute approximate surface area is 143 Å². The van der Waals surface area contributed by atoms with Gasteiger partial charge in [-0.3, -0.25) is 14.9 Å². The lowest BCUT2D eigenvalue weighted by Crippen LogP contribution is -2.27. The quantitative estimate of drug-likeness (QED) is 0.592. The summed E-state index contributed by atoms with van der Waals surface area (Å²) >= 11 is 0. The number of carbonyl (C=O) groups excluding carboxylic acids is 1. The van der Waals surface area contributed by atoms with Crippen LogP contribution in [0, 0.1) is 15.9 Å². The third-order valence-corrected chi connectivity index (χ3v) is 3.61. The zero-order valence-corrected chi connectivity index (χ0v) is 14.0. The van der Waals surface area contributed by atoms with Gasteiger partial charge in [0.25, 0.3) is 11.6 Å². The van der Waals surface area contributed by atoms with Crippen LogP contribution in [0.3, 0.4) is 0 Å². The Kier molecular flexibility index (Phi) is 5.53. The maximum absolute atomic E-state index is 13.0. The molecule has 0 unspecified atom stereocenters. The zero-order valence-electron chi connectivity index (χ0n) is 14.0. The van der Waals surface area contributed by atoms with Gasteiger partial charge in [-0.15, -0.1) is 0 Å². The van der Waals surface area contributed by atoms with Crippen molar-refractivity contribution in [1.29, 1.82) is 0 Å². The number of carbonyl (C=O) groups is 1. The fraction of sp³-hybridized carbons (Fsp3) is 0.235. The molecule has 0 heterocycles. The molecule has 7 nitrogen and oxygen atoms in total. The van der Waals surface area contributed by atoms with Gasteiger partial charge < -0.3 is 14.4 Å². The molecule has 0 spiro atoms. The second kappa shape index (κ2) is 7.61. The minimum Gasteiger partial charge on any atom is -0.493 e. The highest BCUT2D eigenvalue weighted by Crippen LogP contribution is 2.35. The highest BCUT2D eigenvalue weighted by Gasteiger charge is 2.26. The van der Waals surface area contributed by atoms with Crippen molar-refractivity contribution in [3.63, 3.8) is 0 Å². The molecule has 0 aliphatic rings. The first-order chi connectivity index (χ1) is 11.9. The van der Waals surface area contributed by atoms with Crippen LogP contribution in [0.15, 0.2) is 36.4 Å². The predicted octanol–water partition coefficient (Wildman–Crippen LogP) is 3.02. The van der Waals surface area contributed by atoms with E-state index in [1.54, 1.807) is 12.1 Å². The Morgan fingerprint density at radius 1 is 1.16 bits per heavy atom. The van der Waals surface area contributed by atoms with E-state index < -0.39 is 10.8 Å². The van der Waals surface area contributed by atoms with Gasteiger partial charge in [0.05, 0.1) is 25.2 Å². The number of nitro groups is 1. The molecule has 0 saturated heterocycles. The van der Waals surface area contributed by atoms with Crippen molar-refractivity contribution in [2.24, 2.45) is 0 Å². The maximum atomic E-state index is 13.0. The molecule has 2 aromatic rings. The van der Waals surface area contributed by atoms with Crippen LogP contribution >= 0.6 is 0 Å². The number of rotatable bonds is 6. The van der Waals surface area contributed by atoms with Gasteiger partial charge >= 0.3 is 0 Å². The van der Waals surface area contributed by atoms with Crippen LogP contribution < -0.4 is 9.47 Å². The molecule has 2 aromatic carbocycles. The highest BCUT2D eigenvalue weighted by molar-refractivity contribution is 5.98. The third-order valence-electron chi connectivity index (χ3n) is 3.61. The Balaban J connectivity index is 2.36. The zero-order chi connectivity index (χ0) is 18.6. The largest absolute Gasteiger partial charge is 0.493 e. The summed E-state index contributed by atoms with van der Waals surface area (Å²) in [5.41, 5.74) is 0.196. The van der Waals surface area contributed by atoms with Crippen molar-refractivity contribution in [2.75, 3.05) is 21.3 Å². The number of amides is 1. The first-order valence-electron chi connectivity index (χ1n) is 7.27. The molecule has 0 aliphatic heterocycles. The normalized spacial score (nSPS) is 10.2. The summed E-state index contributed by atoms with van der Waals surface area (Å²) in [5.74, 6) is -0.566. The lowest BCUT2D eigenvalue weighted by Gasteiger charge is -2.18. The molecular weight excluding hydrogens is 331 g/mol. The van der Waals surface area contributed by atoms with Gasteiger partial charge in [0.2, 0.25) is 0 Å². The molecule has 0 radical (unpaired) electrons. The lowest BCUT2D eigenvalue weighted by molar-refractivity contribution is -0.385. The van der Waals surface area contributed by atoms with E-state index in [0.717, 1.165) is 6.07 Å². The molecular formula is C17H17FN2O5. The minimum absolute atomic E-state index is 0.118. The number of nitrogens with zero attached hydrogens (tertiary/aromatic N) is 2. The number of methoxy groups -OCH3 is 2. The Morgan fingerprint density at radius 2 is 1.72 bits per heavy atom. The molecule has 0 aromatic heterocycles. The van der Waals surface area contributed by atoms with Crippen LogP contribution in [0.2, 0.25) is 0 Å². The van der Waals surface area contributed by atoms with Gasteiger partial charge in [0.1, 0.15) is 11.4 Å². The van der Waals surface area contributed by atoms with Crippen LogP contribution in [0.4, 0.5) is 10.1 Å². The predicted molar refractivity (Wildman–Crippen MR) is 88.4 cm³/mol. The number of ether oxygens (including phenoxy) is 2. The van der Waals surface area contributed by atoms with Gasteiger partial charge in [-0.05, 0) is 17.7 Å². The number of hydrogen-bond acceptors (Lipinski definition) is 5. The van der Waals surface area contributed by atoms with Gasteiger partial charge in [0, 0.05) is 19.7 Å². The van der Waals surface area contributed by atoms with Crippen LogP contribution in [-0.2, 0) is 6.54 Å². The van der Waals surface area contributed by atoms with Crippen molar-refractivity contribution in [3.8, 4) is 11.5 Å². The lowest BCUT2D eigenvalue weighted by atomic mass is 10.1. The third kappa shape index (κ3) is 4.03. The van der Waals surface area contributed by atoms with E-state index in [4.69, 9.17) is 9.47 Å². The van der Waals surface area contributed by atoms with E-state index in [1.165, 1.54) is 44.4 Å². The monoisotopic (exact) mass is 348 g/mol. The summed E-state index contributed by atoms with van der Waals surface area (Å²) in [4.78, 5) is 24.6. The summed E-state index contributed by atoms with van der Waals surface area (Å²) < 4.78 is 23.1. The Morgan fingerprint density at radius 3 is 2.24 bits per heavy atom. The molecule has 0 N–H and O–H groups in total. The molecule has 0 saturated carbocycles. The van der Waals surface area contributed by atoms with E-state index in [1.807, 2.05) is 0 Å². The van der Waals surface area contributed by atoms with Gasteiger partial charge in [-0.2, -0.15) is 0 Å². The van der Waals surface area contributed by atoms with Gasteiger partial charge in [0.15, 0.2) is 11.5 Å². The highest BCUT2D eigenvalue weighted by atomic mass is 19.1. The number of hydrogen-bond donors (Lipinski definition) is 0. The van der Waals surface area contributed by atoms with E-state index in [-0.39, 0.29) is 35.1 Å². The first-order valence-corrected chi connectivity index (χ1v) is 7.27. The number of nitro benzene ring substituents is 1. The molecule has 132 valence electrons. The molecule has 1 amide bonds. The second-order valence-electron chi connectivity index (χ2n) is 5.27. The van der Waals surface area contributed by atoms with E-state index in [2.05, 4.69) is 0 Å². The minimum atomic E-state index is -0.652. The summed E-state index contributed by atoms with van der Waals surface area (Å²) in [5, 5.41) is 11.3. The van der Waals surface area contributed by atoms with Crippen LogP contribution in [0.5, 0.6) is 11.5 Å². The van der Waals surface area contributed by atoms with Crippen molar-refractivity contribution in [2.45, 2.75) is 6.54 Å². The topological polar surface area (TPSA) is 81.9 Å². The summed E-state index contributed by atoms with van der Waals surface area (Å²) in [7, 11) is 4.23. The van der Waals surface area contributed by atoms with Gasteiger partial charge in [-0.25, -0.2) is 4.39 Å². The van der Waals surface area contributed by atoms with E-state index in [9.17, 15) is 19.3 Å². The average molecular weight is 348 g/mol. The fourth-order valence-corrected chi connectivity index (χ4v) is 2.33. The Bertz CT molecular complexity index is 792. The standard InChI is InChI=1S/C17H17FN2O5/c1-19(10-11-4-6-12(18)7-5-11)17(21)13-8-15(24-2)16(25-3)9-14(13)20(22)23/h4-9H,10H2,1-3H3. The van der Waals surface area contributed by atoms with E-state index >= 15 is 0 Å². The fourth-order valence-electron chi connectivity index (χ4n) is 2.33. The van der Waals surface area contributed by atoms with Gasteiger partial charge in [-0.1, -0.05) is 12.1 Å². The van der Waals surface area contributed by atoms with Crippen molar-refractivity contribution >= 4 is 11.6 Å². The SMILES string of the molecule is COc1cc(C(=O)N(C)Cc2ccc(F)cc2)c([N+](=O)[O-])cc1OC.